The first kappa shape index (κ1) is 32.3. The summed E-state index contributed by atoms with van der Waals surface area (Å²) < 4.78 is 74.2. The van der Waals surface area contributed by atoms with Crippen molar-refractivity contribution in [2.24, 2.45) is 0 Å². The second kappa shape index (κ2) is 13.4. The van der Waals surface area contributed by atoms with E-state index in [0.717, 1.165) is 13.2 Å². The molecule has 0 atom stereocenters. The average Bonchev–Trinajstić information content (AvgIpc) is 2.76. The fourth-order valence-corrected chi connectivity index (χ4v) is 3.81. The van der Waals surface area contributed by atoms with E-state index in [9.17, 15) is 35.5 Å². The van der Waals surface area contributed by atoms with E-state index in [-0.39, 0.29) is 69.8 Å². The largest absolute Gasteiger partial charge is 1.00 e. The van der Waals surface area contributed by atoms with Gasteiger partial charge in [-0.25, -0.2) is 26.4 Å². The van der Waals surface area contributed by atoms with E-state index in [0.29, 0.717) is 5.39 Å². The molecule has 0 aliphatic heterocycles. The van der Waals surface area contributed by atoms with Crippen LogP contribution in [-0.4, -0.2) is 52.1 Å². The first-order valence-corrected chi connectivity index (χ1v) is 11.4. The van der Waals surface area contributed by atoms with Gasteiger partial charge in [0.05, 0.1) is 35.1 Å². The third-order valence-electron chi connectivity index (χ3n) is 4.06. The van der Waals surface area contributed by atoms with Gasteiger partial charge < -0.3 is 18.6 Å². The second-order valence-corrected chi connectivity index (χ2v) is 8.84. The van der Waals surface area contributed by atoms with Crippen molar-refractivity contribution in [2.45, 2.75) is 9.79 Å². The molecule has 170 valence electrons. The number of carbonyl (C=O) groups is 2. The summed E-state index contributed by atoms with van der Waals surface area (Å²) >= 11 is 0. The normalized spacial score (nSPS) is 10.6. The van der Waals surface area contributed by atoms with E-state index >= 15 is 0 Å². The van der Waals surface area contributed by atoms with Gasteiger partial charge in [-0.3, -0.25) is 0 Å². The number of esters is 2. The molecule has 3 aromatic rings. The molecular weight excluding hydrogens is 494 g/mol. The number of hydrogen-bond donors (Lipinski definition) is 0. The summed E-state index contributed by atoms with van der Waals surface area (Å²) in [6.07, 6.45) is 0. The zero-order chi connectivity index (χ0) is 24.1. The Kier molecular flexibility index (Phi) is 12.7. The maximum absolute atomic E-state index is 11.6. The van der Waals surface area contributed by atoms with Crippen molar-refractivity contribution in [1.29, 1.82) is 0 Å². The van der Waals surface area contributed by atoms with Crippen LogP contribution in [0.2, 0.25) is 0 Å². The van der Waals surface area contributed by atoms with Crippen molar-refractivity contribution < 1.29 is 93.4 Å². The summed E-state index contributed by atoms with van der Waals surface area (Å²) in [5.74, 6) is -1.45. The molecule has 10 nitrogen and oxygen atoms in total. The molecule has 0 N–H and O–H groups in total. The summed E-state index contributed by atoms with van der Waals surface area (Å²) in [6.45, 7) is 0. The minimum atomic E-state index is -4.85. The molecule has 3 aromatic carbocycles. The Balaban J connectivity index is 0.000000770. The van der Waals surface area contributed by atoms with E-state index in [1.165, 1.54) is 55.6 Å². The SMILES string of the molecule is COC(=O)c1cc(S(=O)(=O)[O-])c2cc(C(=O)OC)ccc2c1.O=S(=O)([O-])c1ccccc1.[Li+].[Na+]. The third-order valence-corrected chi connectivity index (χ3v) is 5.79. The van der Waals surface area contributed by atoms with Gasteiger partial charge in [0.2, 0.25) is 0 Å². The molecule has 0 unspecified atom stereocenters. The molecule has 0 aliphatic carbocycles. The molecule has 0 aliphatic rings. The monoisotopic (exact) mass is 510 g/mol. The van der Waals surface area contributed by atoms with E-state index in [1.807, 2.05) is 0 Å². The number of ether oxygens (including phenoxy) is 2. The third kappa shape index (κ3) is 8.49. The first-order chi connectivity index (χ1) is 14.9. The van der Waals surface area contributed by atoms with Gasteiger partial charge in [-0.05, 0) is 41.8 Å². The summed E-state index contributed by atoms with van der Waals surface area (Å²) in [6, 6.07) is 13.5. The van der Waals surface area contributed by atoms with Crippen LogP contribution in [0.15, 0.2) is 70.5 Å². The number of carbonyl (C=O) groups excluding carboxylic acids is 2. The summed E-state index contributed by atoms with van der Waals surface area (Å²) in [7, 11) is -6.79. The fraction of sp³-hybridized carbons (Fsp3) is 0.100. The van der Waals surface area contributed by atoms with Crippen molar-refractivity contribution in [2.75, 3.05) is 14.2 Å². The van der Waals surface area contributed by atoms with Crippen molar-refractivity contribution in [3.05, 3.63) is 71.8 Å². The summed E-state index contributed by atoms with van der Waals surface area (Å²) in [4.78, 5) is 22.3. The van der Waals surface area contributed by atoms with Crippen LogP contribution >= 0.6 is 0 Å². The molecule has 0 radical (unpaired) electrons. The number of rotatable bonds is 4. The van der Waals surface area contributed by atoms with Crippen molar-refractivity contribution in [3.63, 3.8) is 0 Å². The maximum Gasteiger partial charge on any atom is 1.00 e. The van der Waals surface area contributed by atoms with Crippen LogP contribution in [0.3, 0.4) is 0 Å². The number of fused-ring (bicyclic) bond motifs is 1. The molecule has 0 fully saturated rings. The molecule has 0 aromatic heterocycles. The van der Waals surface area contributed by atoms with Gasteiger partial charge in [-0.1, -0.05) is 24.3 Å². The smallest absolute Gasteiger partial charge is 0.744 e. The maximum atomic E-state index is 11.6. The van der Waals surface area contributed by atoms with Crippen molar-refractivity contribution in [3.8, 4) is 0 Å². The van der Waals surface area contributed by atoms with Crippen LogP contribution in [-0.2, 0) is 29.7 Å². The summed E-state index contributed by atoms with van der Waals surface area (Å²) in [5.41, 5.74) is 0.0148. The van der Waals surface area contributed by atoms with Gasteiger partial charge in [-0.2, -0.15) is 0 Å². The van der Waals surface area contributed by atoms with Crippen LogP contribution in [0.4, 0.5) is 0 Å². The predicted molar refractivity (Wildman–Crippen MR) is 109 cm³/mol. The fourth-order valence-electron chi connectivity index (χ4n) is 2.60. The van der Waals surface area contributed by atoms with Gasteiger partial charge in [0.25, 0.3) is 0 Å². The number of benzene rings is 3. The Morgan fingerprint density at radius 2 is 1.26 bits per heavy atom. The van der Waals surface area contributed by atoms with Crippen molar-refractivity contribution in [1.82, 2.24) is 0 Å². The van der Waals surface area contributed by atoms with Gasteiger partial charge in [-0.15, -0.1) is 0 Å². The zero-order valence-corrected chi connectivity index (χ0v) is 22.3. The zero-order valence-electron chi connectivity index (χ0n) is 18.7. The van der Waals surface area contributed by atoms with Gasteiger partial charge in [0.15, 0.2) is 0 Å². The molecule has 3 rings (SSSR count). The summed E-state index contributed by atoms with van der Waals surface area (Å²) in [5, 5.41) is 0.343. The molecule has 0 spiro atoms. The van der Waals surface area contributed by atoms with Crippen molar-refractivity contribution >= 4 is 42.9 Å². The Bertz CT molecular complexity index is 1380. The van der Waals surface area contributed by atoms with Crippen LogP contribution in [0.25, 0.3) is 10.8 Å². The topological polar surface area (TPSA) is 167 Å². The molecule has 34 heavy (non-hydrogen) atoms. The Morgan fingerprint density at radius 3 is 1.71 bits per heavy atom. The molecule has 0 bridgehead atoms. The molecule has 0 saturated carbocycles. The van der Waals surface area contributed by atoms with Crippen LogP contribution in [0.1, 0.15) is 20.7 Å². The minimum absolute atomic E-state index is 0. The Hall–Kier alpha value is -1.72. The number of hydrogen-bond acceptors (Lipinski definition) is 10. The first-order valence-electron chi connectivity index (χ1n) is 8.59. The molecule has 14 heteroatoms. The standard InChI is InChI=1S/C14H12O7S.C6H6O3S.Li.Na/c1-20-13(15)9-4-3-8-5-10(14(16)21-2)7-12(11(8)6-9)22(17,18)19;7-10(8,9)6-4-2-1-3-5-6;;/h3-7H,1-2H3,(H,17,18,19);1-5H,(H,7,8,9);;/q;;2*+1/p-2. The van der Waals surface area contributed by atoms with Crippen LogP contribution in [0.5, 0.6) is 0 Å². The van der Waals surface area contributed by atoms with Gasteiger partial charge in [0, 0.05) is 5.39 Å². The molecular formula is C20H16LiNaO10S2. The molecule has 0 amide bonds. The van der Waals surface area contributed by atoms with E-state index < -0.39 is 37.1 Å². The van der Waals surface area contributed by atoms with Crippen LogP contribution in [0, 0.1) is 0 Å². The molecule has 0 heterocycles. The van der Waals surface area contributed by atoms with E-state index in [1.54, 1.807) is 6.07 Å². The number of methoxy groups -OCH3 is 2. The molecule has 0 saturated heterocycles. The van der Waals surface area contributed by atoms with Gasteiger partial charge in [0.1, 0.15) is 20.2 Å². The second-order valence-electron chi connectivity index (χ2n) is 6.11. The van der Waals surface area contributed by atoms with Crippen LogP contribution < -0.4 is 48.4 Å². The van der Waals surface area contributed by atoms with E-state index in [2.05, 4.69) is 9.47 Å². The van der Waals surface area contributed by atoms with Gasteiger partial charge >= 0.3 is 60.4 Å². The predicted octanol–water partition coefficient (Wildman–Crippen LogP) is -4.08. The van der Waals surface area contributed by atoms with E-state index in [4.69, 9.17) is 0 Å². The Morgan fingerprint density at radius 1 is 0.735 bits per heavy atom. The quantitative estimate of drug-likeness (QED) is 0.191. The minimum Gasteiger partial charge on any atom is -0.744 e. The Labute approximate surface area is 230 Å². The average molecular weight is 510 g/mol.